The summed E-state index contributed by atoms with van der Waals surface area (Å²) in [5.41, 5.74) is 0.779. The average molecular weight is 403 g/mol. The van der Waals surface area contributed by atoms with Crippen LogP contribution in [0.5, 0.6) is 5.75 Å². The van der Waals surface area contributed by atoms with Crippen LogP contribution in [0, 0.1) is 0 Å². The van der Waals surface area contributed by atoms with E-state index in [9.17, 15) is 4.79 Å². The Hall–Kier alpha value is -1.83. The van der Waals surface area contributed by atoms with Gasteiger partial charge in [-0.05, 0) is 50.2 Å². The summed E-state index contributed by atoms with van der Waals surface area (Å²) in [5, 5.41) is 5.79. The number of anilines is 1. The predicted octanol–water partition coefficient (Wildman–Crippen LogP) is 2.54. The molecule has 2 N–H and O–H groups in total. The first-order valence-corrected chi connectivity index (χ1v) is 11.1. The van der Waals surface area contributed by atoms with Gasteiger partial charge in [0.25, 0.3) is 0 Å². The minimum Gasteiger partial charge on any atom is -0.490 e. The summed E-state index contributed by atoms with van der Waals surface area (Å²) in [7, 11) is 0. The second kappa shape index (κ2) is 10.3. The van der Waals surface area contributed by atoms with Crippen molar-refractivity contribution in [1.82, 2.24) is 15.1 Å². The van der Waals surface area contributed by atoms with Gasteiger partial charge in [0.15, 0.2) is 0 Å². The lowest BCUT2D eigenvalue weighted by Gasteiger charge is -2.44. The number of hydrogen-bond donors (Lipinski definition) is 2. The van der Waals surface area contributed by atoms with Crippen LogP contribution in [0.15, 0.2) is 24.3 Å². The van der Waals surface area contributed by atoms with Crippen LogP contribution in [0.25, 0.3) is 0 Å². The van der Waals surface area contributed by atoms with E-state index in [0.717, 1.165) is 57.1 Å². The smallest absolute Gasteiger partial charge is 0.319 e. The molecule has 1 aromatic carbocycles. The zero-order chi connectivity index (χ0) is 19.9. The summed E-state index contributed by atoms with van der Waals surface area (Å²) in [6.45, 7) is 7.42. The fourth-order valence-corrected chi connectivity index (χ4v) is 4.35. The molecule has 3 aliphatic rings. The summed E-state index contributed by atoms with van der Waals surface area (Å²) < 4.78 is 11.4. The molecule has 0 atom stereocenters. The molecular formula is C22H34N4O3. The van der Waals surface area contributed by atoms with E-state index in [1.54, 1.807) is 0 Å². The number of piperidine rings is 1. The molecule has 2 amide bonds. The Balaban J connectivity index is 1.12. The number of carbonyl (C=O) groups is 1. The zero-order valence-corrected chi connectivity index (χ0v) is 17.3. The van der Waals surface area contributed by atoms with Gasteiger partial charge in [-0.1, -0.05) is 6.42 Å². The van der Waals surface area contributed by atoms with Crippen molar-refractivity contribution in [2.75, 3.05) is 57.8 Å². The van der Waals surface area contributed by atoms with E-state index in [2.05, 4.69) is 20.4 Å². The summed E-state index contributed by atoms with van der Waals surface area (Å²) in [6, 6.07) is 8.22. The Kier molecular flexibility index (Phi) is 7.24. The maximum atomic E-state index is 12.1. The van der Waals surface area contributed by atoms with Crippen molar-refractivity contribution in [3.8, 4) is 5.75 Å². The van der Waals surface area contributed by atoms with Crippen LogP contribution >= 0.6 is 0 Å². The zero-order valence-electron chi connectivity index (χ0n) is 17.3. The number of nitrogens with one attached hydrogen (secondary N) is 2. The number of ether oxygens (including phenoxy) is 2. The third-order valence-corrected chi connectivity index (χ3v) is 6.21. The molecule has 0 radical (unpaired) electrons. The molecule has 0 spiro atoms. The topological polar surface area (TPSA) is 66.1 Å². The molecule has 0 bridgehead atoms. The van der Waals surface area contributed by atoms with Gasteiger partial charge in [0.05, 0.1) is 13.2 Å². The molecule has 3 fully saturated rings. The first kappa shape index (κ1) is 20.4. The third-order valence-electron chi connectivity index (χ3n) is 6.21. The van der Waals surface area contributed by atoms with Gasteiger partial charge in [-0.15, -0.1) is 0 Å². The highest BCUT2D eigenvalue weighted by molar-refractivity contribution is 5.89. The highest BCUT2D eigenvalue weighted by Crippen LogP contribution is 2.31. The predicted molar refractivity (Wildman–Crippen MR) is 114 cm³/mol. The third kappa shape index (κ3) is 6.07. The SMILES string of the molecule is O=C(NCCN1CCOCC1)Nc1ccc(OC2CC(N3CCCCC3)C2)cc1. The second-order valence-electron chi connectivity index (χ2n) is 8.32. The lowest BCUT2D eigenvalue weighted by Crippen LogP contribution is -2.50. The number of benzene rings is 1. The fourth-order valence-electron chi connectivity index (χ4n) is 4.35. The Morgan fingerprint density at radius 2 is 1.76 bits per heavy atom. The van der Waals surface area contributed by atoms with Crippen LogP contribution in [-0.2, 0) is 4.74 Å². The summed E-state index contributed by atoms with van der Waals surface area (Å²) in [6.07, 6.45) is 6.66. The van der Waals surface area contributed by atoms with Crippen molar-refractivity contribution in [3.63, 3.8) is 0 Å². The van der Waals surface area contributed by atoms with Gasteiger partial charge in [0.1, 0.15) is 11.9 Å². The molecule has 7 heteroatoms. The largest absolute Gasteiger partial charge is 0.490 e. The molecule has 4 rings (SSSR count). The summed E-state index contributed by atoms with van der Waals surface area (Å²) in [5.74, 6) is 0.880. The molecule has 2 aliphatic heterocycles. The Labute approximate surface area is 173 Å². The van der Waals surface area contributed by atoms with Crippen LogP contribution in [0.4, 0.5) is 10.5 Å². The van der Waals surface area contributed by atoms with Gasteiger partial charge in [-0.3, -0.25) is 4.90 Å². The molecule has 7 nitrogen and oxygen atoms in total. The van der Waals surface area contributed by atoms with Crippen LogP contribution in [-0.4, -0.2) is 80.5 Å². The van der Waals surface area contributed by atoms with Crippen LogP contribution < -0.4 is 15.4 Å². The van der Waals surface area contributed by atoms with E-state index in [4.69, 9.17) is 9.47 Å². The van der Waals surface area contributed by atoms with Gasteiger partial charge in [0, 0.05) is 50.7 Å². The number of amides is 2. The standard InChI is InChI=1S/C22H34N4O3/c27-22(23-8-11-25-12-14-28-15-13-25)24-18-4-6-20(7-5-18)29-21-16-19(17-21)26-9-2-1-3-10-26/h4-7,19,21H,1-3,8-17H2,(H2,23,24,27). The normalized spacial score (nSPS) is 25.8. The Morgan fingerprint density at radius 3 is 2.48 bits per heavy atom. The highest BCUT2D eigenvalue weighted by Gasteiger charge is 2.35. The number of carbonyl (C=O) groups excluding carboxylic acids is 1. The van der Waals surface area contributed by atoms with Crippen molar-refractivity contribution in [3.05, 3.63) is 24.3 Å². The quantitative estimate of drug-likeness (QED) is 0.734. The molecule has 1 aromatic rings. The van der Waals surface area contributed by atoms with Crippen molar-refractivity contribution in [2.45, 2.75) is 44.2 Å². The minimum absolute atomic E-state index is 0.171. The number of rotatable bonds is 7. The number of nitrogens with zero attached hydrogens (tertiary/aromatic N) is 2. The van der Waals surface area contributed by atoms with E-state index >= 15 is 0 Å². The van der Waals surface area contributed by atoms with Crippen LogP contribution in [0.2, 0.25) is 0 Å². The molecular weight excluding hydrogens is 368 g/mol. The van der Waals surface area contributed by atoms with E-state index in [0.29, 0.717) is 18.7 Å². The van der Waals surface area contributed by atoms with E-state index in [-0.39, 0.29) is 6.03 Å². The molecule has 29 heavy (non-hydrogen) atoms. The number of morpholine rings is 1. The lowest BCUT2D eigenvalue weighted by molar-refractivity contribution is 0.00893. The van der Waals surface area contributed by atoms with E-state index < -0.39 is 0 Å². The first-order chi connectivity index (χ1) is 14.3. The first-order valence-electron chi connectivity index (χ1n) is 11.1. The van der Waals surface area contributed by atoms with Crippen LogP contribution in [0.3, 0.4) is 0 Å². The average Bonchev–Trinajstić information content (AvgIpc) is 2.73. The molecule has 160 valence electrons. The lowest BCUT2D eigenvalue weighted by atomic mass is 9.86. The number of hydrogen-bond acceptors (Lipinski definition) is 5. The Bertz CT molecular complexity index is 636. The van der Waals surface area contributed by atoms with E-state index in [1.807, 2.05) is 24.3 Å². The van der Waals surface area contributed by atoms with Gasteiger partial charge in [-0.25, -0.2) is 4.79 Å². The molecule has 1 saturated carbocycles. The second-order valence-corrected chi connectivity index (χ2v) is 8.32. The highest BCUT2D eigenvalue weighted by atomic mass is 16.5. The van der Waals surface area contributed by atoms with Gasteiger partial charge >= 0.3 is 6.03 Å². The van der Waals surface area contributed by atoms with Crippen molar-refractivity contribution < 1.29 is 14.3 Å². The number of urea groups is 1. The Morgan fingerprint density at radius 1 is 1.03 bits per heavy atom. The van der Waals surface area contributed by atoms with Crippen molar-refractivity contribution in [2.24, 2.45) is 0 Å². The fraction of sp³-hybridized carbons (Fsp3) is 0.682. The maximum Gasteiger partial charge on any atom is 0.319 e. The molecule has 0 unspecified atom stereocenters. The molecule has 2 heterocycles. The maximum absolute atomic E-state index is 12.1. The van der Waals surface area contributed by atoms with Gasteiger partial charge < -0.3 is 25.0 Å². The van der Waals surface area contributed by atoms with E-state index in [1.165, 1.54) is 32.4 Å². The molecule has 0 aromatic heterocycles. The molecule has 2 saturated heterocycles. The molecule has 1 aliphatic carbocycles. The number of likely N-dealkylation sites (tertiary alicyclic amines) is 1. The van der Waals surface area contributed by atoms with Gasteiger partial charge in [-0.2, -0.15) is 0 Å². The summed E-state index contributed by atoms with van der Waals surface area (Å²) >= 11 is 0. The summed E-state index contributed by atoms with van der Waals surface area (Å²) in [4.78, 5) is 17.0. The van der Waals surface area contributed by atoms with Crippen molar-refractivity contribution >= 4 is 11.7 Å². The van der Waals surface area contributed by atoms with Crippen molar-refractivity contribution in [1.29, 1.82) is 0 Å². The van der Waals surface area contributed by atoms with Gasteiger partial charge in [0.2, 0.25) is 0 Å². The minimum atomic E-state index is -0.171. The monoisotopic (exact) mass is 402 g/mol. The van der Waals surface area contributed by atoms with Crippen LogP contribution in [0.1, 0.15) is 32.1 Å².